The quantitative estimate of drug-likeness (QED) is 0.766. The molecule has 0 bridgehead atoms. The summed E-state index contributed by atoms with van der Waals surface area (Å²) in [5, 5.41) is 10.9. The van der Waals surface area contributed by atoms with Crippen molar-refractivity contribution in [2.24, 2.45) is 0 Å². The van der Waals surface area contributed by atoms with Gasteiger partial charge in [0.2, 0.25) is 0 Å². The number of carbonyl (C=O) groups is 1. The normalized spacial score (nSPS) is 13.7. The Morgan fingerprint density at radius 1 is 1.23 bits per heavy atom. The lowest BCUT2D eigenvalue weighted by molar-refractivity contribution is -0.137. The van der Waals surface area contributed by atoms with E-state index in [1.165, 1.54) is 4.31 Å². The predicted octanol–water partition coefficient (Wildman–Crippen LogP) is 3.43. The van der Waals surface area contributed by atoms with E-state index in [1.807, 2.05) is 37.3 Å². The maximum atomic E-state index is 11.9. The first-order chi connectivity index (χ1) is 10.5. The topological polar surface area (TPSA) is 77.8 Å². The lowest BCUT2D eigenvalue weighted by Gasteiger charge is -2.29. The summed E-state index contributed by atoms with van der Waals surface area (Å²) in [6.45, 7) is 1.93. The zero-order valence-corrected chi connectivity index (χ0v) is 13.1. The first-order valence-corrected chi connectivity index (χ1v) is 8.20. The van der Waals surface area contributed by atoms with Crippen molar-refractivity contribution in [2.45, 2.75) is 32.2 Å². The van der Waals surface area contributed by atoms with Gasteiger partial charge in [-0.3, -0.25) is 13.7 Å². The third-order valence-corrected chi connectivity index (χ3v) is 4.37. The van der Waals surface area contributed by atoms with Gasteiger partial charge in [0.05, 0.1) is 18.2 Å². The molecular weight excluding hydrogens is 302 g/mol. The van der Waals surface area contributed by atoms with Crippen molar-refractivity contribution in [1.82, 2.24) is 0 Å². The highest BCUT2D eigenvalue weighted by Gasteiger charge is 2.26. The number of hydrogen-bond acceptors (Lipinski definition) is 2. The van der Waals surface area contributed by atoms with Gasteiger partial charge < -0.3 is 5.11 Å². The smallest absolute Gasteiger partial charge is 0.305 e. The lowest BCUT2D eigenvalue weighted by Crippen LogP contribution is -2.38. The van der Waals surface area contributed by atoms with Crippen molar-refractivity contribution >= 4 is 33.7 Å². The summed E-state index contributed by atoms with van der Waals surface area (Å²) in [6.07, 6.45) is 1.08. The second kappa shape index (κ2) is 7.38. The van der Waals surface area contributed by atoms with Crippen molar-refractivity contribution in [3.8, 4) is 0 Å². The van der Waals surface area contributed by atoms with Crippen molar-refractivity contribution in [1.29, 1.82) is 0 Å². The highest BCUT2D eigenvalue weighted by Crippen LogP contribution is 2.30. The van der Waals surface area contributed by atoms with Gasteiger partial charge in [0.1, 0.15) is 0 Å². The highest BCUT2D eigenvalue weighted by molar-refractivity contribution is 7.80. The van der Waals surface area contributed by atoms with Crippen LogP contribution in [-0.2, 0) is 16.1 Å². The summed E-state index contributed by atoms with van der Waals surface area (Å²) in [6, 6.07) is 12.5. The molecule has 0 aliphatic carbocycles. The van der Waals surface area contributed by atoms with Crippen LogP contribution >= 0.6 is 0 Å². The molecule has 2 atom stereocenters. The molecule has 2 aromatic rings. The van der Waals surface area contributed by atoms with Gasteiger partial charge in [-0.05, 0) is 17.9 Å². The van der Waals surface area contributed by atoms with Crippen molar-refractivity contribution in [2.75, 3.05) is 4.31 Å². The Bertz CT molecular complexity index is 683. The molecule has 2 rings (SSSR count). The molecule has 5 nitrogen and oxygen atoms in total. The van der Waals surface area contributed by atoms with E-state index in [0.717, 1.165) is 17.2 Å². The van der Waals surface area contributed by atoms with Gasteiger partial charge in [-0.15, -0.1) is 0 Å². The summed E-state index contributed by atoms with van der Waals surface area (Å²) in [4.78, 5) is 11.1. The molecule has 0 aromatic heterocycles. The minimum atomic E-state index is -2.29. The SMILES string of the molecule is CCCC(CC(=O)O)N(c1cccc2ccccc12)S(=O)O. The van der Waals surface area contributed by atoms with Crippen LogP contribution in [0.2, 0.25) is 0 Å². The molecule has 0 fully saturated rings. The molecule has 0 radical (unpaired) electrons. The number of carboxylic acid groups (broad SMARTS) is 1. The van der Waals surface area contributed by atoms with Crippen molar-refractivity contribution in [3.05, 3.63) is 42.5 Å². The first-order valence-electron chi connectivity index (χ1n) is 7.14. The van der Waals surface area contributed by atoms with Crippen LogP contribution in [0.15, 0.2) is 42.5 Å². The van der Waals surface area contributed by atoms with Crippen LogP contribution in [0, 0.1) is 0 Å². The van der Waals surface area contributed by atoms with Crippen LogP contribution in [0.3, 0.4) is 0 Å². The maximum Gasteiger partial charge on any atom is 0.305 e. The zero-order chi connectivity index (χ0) is 16.1. The monoisotopic (exact) mass is 321 g/mol. The van der Waals surface area contributed by atoms with E-state index < -0.39 is 23.3 Å². The molecule has 22 heavy (non-hydrogen) atoms. The number of aliphatic carboxylic acids is 1. The van der Waals surface area contributed by atoms with Crippen molar-refractivity contribution in [3.63, 3.8) is 0 Å². The molecular formula is C16H19NO4S. The Hall–Kier alpha value is -1.92. The fourth-order valence-corrected chi connectivity index (χ4v) is 3.41. The molecule has 2 aromatic carbocycles. The van der Waals surface area contributed by atoms with E-state index in [0.29, 0.717) is 12.1 Å². The Balaban J connectivity index is 2.53. The molecule has 0 amide bonds. The standard InChI is InChI=1S/C16H19NO4S/c1-2-6-13(11-16(18)19)17(22(20)21)15-10-5-8-12-7-3-4-9-14(12)15/h3-5,7-10,13H,2,6,11H2,1H3,(H,18,19)(H,20,21). The van der Waals surface area contributed by atoms with Gasteiger partial charge in [0, 0.05) is 5.39 Å². The van der Waals surface area contributed by atoms with Gasteiger partial charge in [0.25, 0.3) is 11.3 Å². The molecule has 0 aliphatic heterocycles. The van der Waals surface area contributed by atoms with Gasteiger partial charge in [-0.25, -0.2) is 4.21 Å². The lowest BCUT2D eigenvalue weighted by atomic mass is 10.1. The Morgan fingerprint density at radius 3 is 2.55 bits per heavy atom. The number of nitrogens with zero attached hydrogens (tertiary/aromatic N) is 1. The van der Waals surface area contributed by atoms with Crippen molar-refractivity contribution < 1.29 is 18.7 Å². The fraction of sp³-hybridized carbons (Fsp3) is 0.312. The van der Waals surface area contributed by atoms with Crippen LogP contribution in [0.25, 0.3) is 10.8 Å². The van der Waals surface area contributed by atoms with E-state index in [9.17, 15) is 13.6 Å². The molecule has 0 aliphatic rings. The first kappa shape index (κ1) is 16.5. The summed E-state index contributed by atoms with van der Waals surface area (Å²) < 4.78 is 22.9. The predicted molar refractivity (Wildman–Crippen MR) is 88.1 cm³/mol. The van der Waals surface area contributed by atoms with E-state index in [-0.39, 0.29) is 6.42 Å². The van der Waals surface area contributed by atoms with Crippen LogP contribution in [-0.4, -0.2) is 25.9 Å². The average molecular weight is 321 g/mol. The third kappa shape index (κ3) is 3.64. The number of rotatable bonds is 7. The number of fused-ring (bicyclic) bond motifs is 1. The van der Waals surface area contributed by atoms with Crippen LogP contribution in [0.5, 0.6) is 0 Å². The van der Waals surface area contributed by atoms with E-state index in [2.05, 4.69) is 0 Å². The highest BCUT2D eigenvalue weighted by atomic mass is 32.2. The van der Waals surface area contributed by atoms with Gasteiger partial charge in [-0.2, -0.15) is 0 Å². The van der Waals surface area contributed by atoms with Gasteiger partial charge in [-0.1, -0.05) is 49.7 Å². The number of carboxylic acids is 1. The summed E-state index contributed by atoms with van der Waals surface area (Å²) in [5.74, 6) is -0.978. The molecule has 0 saturated carbocycles. The number of benzene rings is 2. The van der Waals surface area contributed by atoms with E-state index in [1.54, 1.807) is 12.1 Å². The number of hydrogen-bond donors (Lipinski definition) is 2. The fourth-order valence-electron chi connectivity index (χ4n) is 2.65. The zero-order valence-electron chi connectivity index (χ0n) is 12.3. The maximum absolute atomic E-state index is 11.9. The molecule has 0 spiro atoms. The molecule has 0 saturated heterocycles. The van der Waals surface area contributed by atoms with Crippen LogP contribution < -0.4 is 4.31 Å². The summed E-state index contributed by atoms with van der Waals surface area (Å²) in [5.41, 5.74) is 0.582. The average Bonchev–Trinajstić information content (AvgIpc) is 2.47. The molecule has 2 unspecified atom stereocenters. The molecule has 118 valence electrons. The molecule has 2 N–H and O–H groups in total. The number of anilines is 1. The second-order valence-electron chi connectivity index (χ2n) is 5.10. The second-order valence-corrected chi connectivity index (χ2v) is 5.95. The minimum Gasteiger partial charge on any atom is -0.481 e. The van der Waals surface area contributed by atoms with E-state index >= 15 is 0 Å². The van der Waals surface area contributed by atoms with Gasteiger partial charge >= 0.3 is 5.97 Å². The van der Waals surface area contributed by atoms with E-state index in [4.69, 9.17) is 5.11 Å². The van der Waals surface area contributed by atoms with Crippen LogP contribution in [0.4, 0.5) is 5.69 Å². The minimum absolute atomic E-state index is 0.177. The largest absolute Gasteiger partial charge is 0.481 e. The molecule has 6 heteroatoms. The Morgan fingerprint density at radius 2 is 1.91 bits per heavy atom. The molecule has 0 heterocycles. The third-order valence-electron chi connectivity index (χ3n) is 3.54. The summed E-state index contributed by atoms with van der Waals surface area (Å²) >= 11 is -2.29. The van der Waals surface area contributed by atoms with Gasteiger partial charge in [0.15, 0.2) is 0 Å². The summed E-state index contributed by atoms with van der Waals surface area (Å²) in [7, 11) is 0. The van der Waals surface area contributed by atoms with Crippen LogP contribution in [0.1, 0.15) is 26.2 Å². The Kier molecular flexibility index (Phi) is 5.51. The Labute approximate surface area is 132 Å².